The van der Waals surface area contributed by atoms with Gasteiger partial charge in [-0.2, -0.15) is 0 Å². The normalized spacial score (nSPS) is 12.6. The number of nitrogens with one attached hydrogen (secondary N) is 1. The summed E-state index contributed by atoms with van der Waals surface area (Å²) in [6.45, 7) is 4.36. The van der Waals surface area contributed by atoms with Gasteiger partial charge in [0, 0.05) is 18.0 Å². The Kier molecular flexibility index (Phi) is 9.01. The van der Waals surface area contributed by atoms with Crippen LogP contribution in [-0.2, 0) is 14.8 Å². The Morgan fingerprint density at radius 2 is 1.77 bits per heavy atom. The van der Waals surface area contributed by atoms with Crippen LogP contribution in [0.15, 0.2) is 48.5 Å². The van der Waals surface area contributed by atoms with Gasteiger partial charge in [-0.3, -0.25) is 9.10 Å². The van der Waals surface area contributed by atoms with E-state index in [-0.39, 0.29) is 29.9 Å². The molecule has 0 aliphatic heterocycles. The van der Waals surface area contributed by atoms with Crippen LogP contribution in [0.1, 0.15) is 44.7 Å². The zero-order valence-corrected chi connectivity index (χ0v) is 19.8. The minimum absolute atomic E-state index is 0.0768. The molecule has 1 atom stereocenters. The van der Waals surface area contributed by atoms with Crippen LogP contribution >= 0.6 is 23.2 Å². The summed E-state index contributed by atoms with van der Waals surface area (Å²) in [4.78, 5) is 12.6. The molecule has 5 nitrogen and oxygen atoms in total. The van der Waals surface area contributed by atoms with Crippen molar-refractivity contribution < 1.29 is 13.2 Å². The van der Waals surface area contributed by atoms with Crippen molar-refractivity contribution in [2.24, 2.45) is 5.92 Å². The van der Waals surface area contributed by atoms with Crippen molar-refractivity contribution in [2.75, 3.05) is 17.1 Å². The van der Waals surface area contributed by atoms with E-state index >= 15 is 0 Å². The summed E-state index contributed by atoms with van der Waals surface area (Å²) in [5, 5.41) is 3.76. The van der Waals surface area contributed by atoms with Gasteiger partial charge in [-0.05, 0) is 42.5 Å². The third-order valence-corrected chi connectivity index (χ3v) is 6.32. The van der Waals surface area contributed by atoms with Gasteiger partial charge in [0.05, 0.1) is 23.0 Å². The van der Waals surface area contributed by atoms with Gasteiger partial charge in [0.15, 0.2) is 0 Å². The van der Waals surface area contributed by atoms with Gasteiger partial charge in [0.1, 0.15) is 0 Å². The van der Waals surface area contributed by atoms with Crippen LogP contribution in [-0.4, -0.2) is 27.1 Å². The van der Waals surface area contributed by atoms with Crippen molar-refractivity contribution >= 4 is 44.8 Å². The highest BCUT2D eigenvalue weighted by molar-refractivity contribution is 7.92. The number of hydrogen-bond acceptors (Lipinski definition) is 3. The first-order valence-corrected chi connectivity index (χ1v) is 12.5. The number of sulfonamides is 1. The van der Waals surface area contributed by atoms with Crippen molar-refractivity contribution in [3.8, 4) is 0 Å². The Balaban J connectivity index is 2.03. The molecule has 0 radical (unpaired) electrons. The molecule has 0 aliphatic rings. The first kappa shape index (κ1) is 24.5. The first-order valence-electron chi connectivity index (χ1n) is 9.85. The molecule has 2 rings (SSSR count). The molecular formula is C22H28Cl2N2O3S. The van der Waals surface area contributed by atoms with Crippen molar-refractivity contribution in [3.63, 3.8) is 0 Å². The maximum atomic E-state index is 12.6. The first-order chi connectivity index (χ1) is 14.1. The van der Waals surface area contributed by atoms with E-state index in [2.05, 4.69) is 19.2 Å². The lowest BCUT2D eigenvalue weighted by Gasteiger charge is -2.24. The molecule has 1 N–H and O–H groups in total. The lowest BCUT2D eigenvalue weighted by atomic mass is 9.97. The summed E-state index contributed by atoms with van der Waals surface area (Å²) < 4.78 is 25.7. The third kappa shape index (κ3) is 7.49. The van der Waals surface area contributed by atoms with E-state index in [0.717, 1.165) is 18.2 Å². The minimum Gasteiger partial charge on any atom is -0.349 e. The molecule has 0 unspecified atom stereocenters. The van der Waals surface area contributed by atoms with Gasteiger partial charge < -0.3 is 5.32 Å². The zero-order valence-electron chi connectivity index (χ0n) is 17.4. The van der Waals surface area contributed by atoms with Crippen molar-refractivity contribution in [1.29, 1.82) is 0 Å². The number of benzene rings is 2. The second-order valence-corrected chi connectivity index (χ2v) is 10.4. The Labute approximate surface area is 189 Å². The second-order valence-electron chi connectivity index (χ2n) is 7.69. The predicted octanol–water partition coefficient (Wildman–Crippen LogP) is 5.44. The highest BCUT2D eigenvalue weighted by Crippen LogP contribution is 2.31. The summed E-state index contributed by atoms with van der Waals surface area (Å²) in [7, 11) is -3.58. The summed E-state index contributed by atoms with van der Waals surface area (Å²) >= 11 is 12.2. The van der Waals surface area contributed by atoms with E-state index < -0.39 is 10.0 Å². The number of carbonyl (C=O) groups excluding carboxylic acids is 1. The van der Waals surface area contributed by atoms with Crippen LogP contribution in [0.25, 0.3) is 0 Å². The van der Waals surface area contributed by atoms with E-state index in [9.17, 15) is 13.2 Å². The number of amides is 1. The van der Waals surface area contributed by atoms with E-state index in [1.54, 1.807) is 12.1 Å². The summed E-state index contributed by atoms with van der Waals surface area (Å²) in [5.41, 5.74) is 1.37. The minimum atomic E-state index is -3.58. The van der Waals surface area contributed by atoms with Crippen molar-refractivity contribution in [3.05, 3.63) is 64.1 Å². The van der Waals surface area contributed by atoms with Gasteiger partial charge >= 0.3 is 0 Å². The molecule has 30 heavy (non-hydrogen) atoms. The molecule has 1 amide bonds. The van der Waals surface area contributed by atoms with Gasteiger partial charge in [-0.15, -0.1) is 0 Å². The molecular weight excluding hydrogens is 443 g/mol. The fourth-order valence-electron chi connectivity index (χ4n) is 3.23. The third-order valence-electron chi connectivity index (χ3n) is 4.59. The van der Waals surface area contributed by atoms with E-state index in [4.69, 9.17) is 23.2 Å². The summed E-state index contributed by atoms with van der Waals surface area (Å²) in [6.07, 6.45) is 2.48. The molecule has 0 bridgehead atoms. The monoisotopic (exact) mass is 470 g/mol. The van der Waals surface area contributed by atoms with E-state index in [0.29, 0.717) is 23.0 Å². The van der Waals surface area contributed by atoms with Crippen LogP contribution < -0.4 is 9.62 Å². The number of anilines is 1. The lowest BCUT2D eigenvalue weighted by Crippen LogP contribution is -2.33. The fourth-order valence-corrected chi connectivity index (χ4v) is 4.63. The number of nitrogens with zero attached hydrogens (tertiary/aromatic N) is 1. The molecule has 0 fully saturated rings. The average molecular weight is 471 g/mol. The van der Waals surface area contributed by atoms with Crippen LogP contribution in [0.5, 0.6) is 0 Å². The maximum absolute atomic E-state index is 12.6. The topological polar surface area (TPSA) is 66.5 Å². The Hall–Kier alpha value is -1.76. The molecule has 0 heterocycles. The Morgan fingerprint density at radius 3 is 2.37 bits per heavy atom. The van der Waals surface area contributed by atoms with Crippen molar-refractivity contribution in [2.45, 2.75) is 39.2 Å². The predicted molar refractivity (Wildman–Crippen MR) is 125 cm³/mol. The standard InChI is InChI=1S/C22H28Cl2N2O3S/c1-16(2)14-20(17-8-5-4-6-9-17)25-22(27)10-7-13-26(30(3,28)29)21-15-18(23)11-12-19(21)24/h4-6,8-9,11-12,15-16,20H,7,10,13-14H2,1-3H3,(H,25,27)/t20-/m1/s1. The fraction of sp³-hybridized carbons (Fsp3) is 0.409. The summed E-state index contributed by atoms with van der Waals surface area (Å²) in [6, 6.07) is 14.4. The SMILES string of the molecule is CC(C)C[C@@H](NC(=O)CCCN(c1cc(Cl)ccc1Cl)S(C)(=O)=O)c1ccccc1. The molecule has 0 saturated carbocycles. The number of carbonyl (C=O) groups is 1. The molecule has 0 aromatic heterocycles. The van der Waals surface area contributed by atoms with E-state index in [1.807, 2.05) is 30.3 Å². The number of halogens is 2. The van der Waals surface area contributed by atoms with Crippen LogP contribution in [0.4, 0.5) is 5.69 Å². The van der Waals surface area contributed by atoms with Crippen molar-refractivity contribution in [1.82, 2.24) is 5.32 Å². The molecule has 2 aromatic rings. The summed E-state index contributed by atoms with van der Waals surface area (Å²) in [5.74, 6) is 0.302. The highest BCUT2D eigenvalue weighted by atomic mass is 35.5. The number of rotatable bonds is 10. The van der Waals surface area contributed by atoms with Gasteiger partial charge in [0.2, 0.25) is 15.9 Å². The lowest BCUT2D eigenvalue weighted by molar-refractivity contribution is -0.122. The largest absolute Gasteiger partial charge is 0.349 e. The van der Waals surface area contributed by atoms with Crippen LogP contribution in [0.3, 0.4) is 0 Å². The van der Waals surface area contributed by atoms with Gasteiger partial charge in [-0.25, -0.2) is 8.42 Å². The second kappa shape index (κ2) is 11.0. The van der Waals surface area contributed by atoms with Crippen LogP contribution in [0.2, 0.25) is 10.0 Å². The van der Waals surface area contributed by atoms with Gasteiger partial charge in [-0.1, -0.05) is 67.4 Å². The molecule has 0 aliphatic carbocycles. The smallest absolute Gasteiger partial charge is 0.232 e. The van der Waals surface area contributed by atoms with E-state index in [1.165, 1.54) is 10.4 Å². The molecule has 164 valence electrons. The highest BCUT2D eigenvalue weighted by Gasteiger charge is 2.21. The Bertz CT molecular complexity index is 950. The van der Waals surface area contributed by atoms with Gasteiger partial charge in [0.25, 0.3) is 0 Å². The molecule has 0 spiro atoms. The molecule has 8 heteroatoms. The quantitative estimate of drug-likeness (QED) is 0.502. The zero-order chi connectivity index (χ0) is 22.3. The average Bonchev–Trinajstić information content (AvgIpc) is 2.66. The molecule has 0 saturated heterocycles. The van der Waals surface area contributed by atoms with Crippen LogP contribution in [0, 0.1) is 5.92 Å². The maximum Gasteiger partial charge on any atom is 0.232 e. The molecule has 2 aromatic carbocycles. The number of hydrogen-bond donors (Lipinski definition) is 1. The Morgan fingerprint density at radius 1 is 1.10 bits per heavy atom.